The van der Waals surface area contributed by atoms with E-state index in [9.17, 15) is 9.59 Å². The number of carbonyl (C=O) groups excluding carboxylic acids is 2. The molecule has 1 amide bonds. The number of hydrogen-bond acceptors (Lipinski definition) is 5. The molecule has 0 radical (unpaired) electrons. The normalized spacial score (nSPS) is 15.4. The largest absolute Gasteiger partial charge is 0.464 e. The second-order valence-electron chi connectivity index (χ2n) is 6.42. The van der Waals surface area contributed by atoms with Crippen molar-refractivity contribution < 1.29 is 19.1 Å². The number of benzene rings is 1. The highest BCUT2D eigenvalue weighted by atomic mass is 16.6. The van der Waals surface area contributed by atoms with E-state index >= 15 is 0 Å². The van der Waals surface area contributed by atoms with E-state index in [0.29, 0.717) is 12.4 Å². The minimum Gasteiger partial charge on any atom is -0.464 e. The number of para-hydroxylation sites is 2. The topological polar surface area (TPSA) is 73.7 Å². The third-order valence-electron chi connectivity index (χ3n) is 4.61. The second kappa shape index (κ2) is 8.31. The Morgan fingerprint density at radius 2 is 1.96 bits per heavy atom. The minimum atomic E-state index is -0.403. The Labute approximate surface area is 152 Å². The molecule has 2 aromatic rings. The highest BCUT2D eigenvalue weighted by Gasteiger charge is 2.28. The van der Waals surface area contributed by atoms with E-state index < -0.39 is 5.97 Å². The fourth-order valence-electron chi connectivity index (χ4n) is 3.31. The van der Waals surface area contributed by atoms with Gasteiger partial charge in [-0.25, -0.2) is 9.78 Å². The average molecular weight is 359 g/mol. The number of ether oxygens (including phenoxy) is 2. The number of amides is 1. The van der Waals surface area contributed by atoms with Crippen LogP contribution in [0.15, 0.2) is 24.3 Å². The molecule has 1 unspecified atom stereocenters. The zero-order chi connectivity index (χ0) is 18.5. The summed E-state index contributed by atoms with van der Waals surface area (Å²) < 4.78 is 12.3. The number of aromatic nitrogens is 2. The first-order valence-electron chi connectivity index (χ1n) is 9.09. The van der Waals surface area contributed by atoms with Gasteiger partial charge in [0.1, 0.15) is 19.2 Å². The van der Waals surface area contributed by atoms with Gasteiger partial charge >= 0.3 is 5.97 Å². The summed E-state index contributed by atoms with van der Waals surface area (Å²) >= 11 is 0. The van der Waals surface area contributed by atoms with Gasteiger partial charge in [0.05, 0.1) is 23.6 Å². The highest BCUT2D eigenvalue weighted by molar-refractivity contribution is 5.85. The van der Waals surface area contributed by atoms with E-state index in [1.165, 1.54) is 0 Å². The van der Waals surface area contributed by atoms with Gasteiger partial charge in [-0.3, -0.25) is 4.79 Å². The van der Waals surface area contributed by atoms with E-state index in [1.54, 1.807) is 6.92 Å². The number of esters is 1. The zero-order valence-electron chi connectivity index (χ0n) is 15.3. The lowest BCUT2D eigenvalue weighted by Gasteiger charge is -2.21. The smallest absolute Gasteiger partial charge is 0.332 e. The van der Waals surface area contributed by atoms with Gasteiger partial charge < -0.3 is 18.9 Å². The Kier molecular flexibility index (Phi) is 5.88. The Morgan fingerprint density at radius 1 is 1.23 bits per heavy atom. The summed E-state index contributed by atoms with van der Waals surface area (Å²) in [6.45, 7) is 5.59. The molecule has 1 saturated heterocycles. The van der Waals surface area contributed by atoms with Gasteiger partial charge in [-0.05, 0) is 38.8 Å². The summed E-state index contributed by atoms with van der Waals surface area (Å²) in [5, 5.41) is 0. The molecule has 0 aliphatic carbocycles. The number of fused-ring (bicyclic) bond motifs is 1. The van der Waals surface area contributed by atoms with Crippen LogP contribution in [0, 0.1) is 0 Å². The van der Waals surface area contributed by atoms with Crippen LogP contribution in [0.3, 0.4) is 0 Å². The molecule has 3 rings (SSSR count). The Bertz CT molecular complexity index is 780. The van der Waals surface area contributed by atoms with Crippen molar-refractivity contribution in [1.82, 2.24) is 14.5 Å². The minimum absolute atomic E-state index is 0.0875. The summed E-state index contributed by atoms with van der Waals surface area (Å²) in [5.74, 6) is -0.0252. The van der Waals surface area contributed by atoms with Gasteiger partial charge in [0.2, 0.25) is 5.91 Å². The first kappa shape index (κ1) is 18.4. The maximum absolute atomic E-state index is 12.8. The molecule has 140 valence electrons. The second-order valence-corrected chi connectivity index (χ2v) is 6.42. The number of likely N-dealkylation sites (tertiary alicyclic amines) is 1. The molecular weight excluding hydrogens is 334 g/mol. The fourth-order valence-corrected chi connectivity index (χ4v) is 3.31. The van der Waals surface area contributed by atoms with Crippen LogP contribution in [0.2, 0.25) is 0 Å². The molecule has 0 spiro atoms. The van der Waals surface area contributed by atoms with Gasteiger partial charge in [-0.1, -0.05) is 12.1 Å². The van der Waals surface area contributed by atoms with E-state index in [4.69, 9.17) is 9.47 Å². The molecular formula is C19H25N3O4. The standard InChI is InChI=1S/C19H25N3O4/c1-3-26-17(23)12-25-13-22-16-9-5-4-8-15(16)20-18(22)14(2)19(24)21-10-6-7-11-21/h4-5,8-9,14H,3,6-7,10-13H2,1-2H3. The summed E-state index contributed by atoms with van der Waals surface area (Å²) in [4.78, 5) is 30.9. The molecule has 7 heteroatoms. The van der Waals surface area contributed by atoms with Crippen LogP contribution in [0.5, 0.6) is 0 Å². The molecule has 0 saturated carbocycles. The molecule has 1 aliphatic rings. The average Bonchev–Trinajstić information content (AvgIpc) is 3.29. The van der Waals surface area contributed by atoms with Crippen molar-refractivity contribution in [2.75, 3.05) is 26.3 Å². The molecule has 2 heterocycles. The summed E-state index contributed by atoms with van der Waals surface area (Å²) in [5.41, 5.74) is 1.69. The predicted molar refractivity (Wildman–Crippen MR) is 96.5 cm³/mol. The van der Waals surface area contributed by atoms with Crippen molar-refractivity contribution in [3.63, 3.8) is 0 Å². The third-order valence-corrected chi connectivity index (χ3v) is 4.61. The van der Waals surface area contributed by atoms with Crippen molar-refractivity contribution in [3.05, 3.63) is 30.1 Å². The van der Waals surface area contributed by atoms with Gasteiger partial charge in [-0.2, -0.15) is 0 Å². The van der Waals surface area contributed by atoms with E-state index in [1.807, 2.05) is 40.7 Å². The van der Waals surface area contributed by atoms with Crippen LogP contribution in [0.1, 0.15) is 38.4 Å². The Morgan fingerprint density at radius 3 is 2.69 bits per heavy atom. The maximum atomic E-state index is 12.8. The molecule has 26 heavy (non-hydrogen) atoms. The van der Waals surface area contributed by atoms with Crippen LogP contribution < -0.4 is 0 Å². The molecule has 0 N–H and O–H groups in total. The van der Waals surface area contributed by atoms with Crippen molar-refractivity contribution in [3.8, 4) is 0 Å². The van der Waals surface area contributed by atoms with Gasteiger partial charge in [-0.15, -0.1) is 0 Å². The van der Waals surface area contributed by atoms with Crippen LogP contribution in [0.25, 0.3) is 11.0 Å². The van der Waals surface area contributed by atoms with Crippen LogP contribution in [0.4, 0.5) is 0 Å². The third kappa shape index (κ3) is 3.88. The molecule has 1 aliphatic heterocycles. The number of nitrogens with zero attached hydrogens (tertiary/aromatic N) is 3. The number of imidazole rings is 1. The lowest BCUT2D eigenvalue weighted by Crippen LogP contribution is -2.32. The molecule has 1 fully saturated rings. The number of hydrogen-bond donors (Lipinski definition) is 0. The maximum Gasteiger partial charge on any atom is 0.332 e. The molecule has 1 aromatic carbocycles. The SMILES string of the molecule is CCOC(=O)COCn1c(C(C)C(=O)N2CCCC2)nc2ccccc21. The molecule has 1 aromatic heterocycles. The quantitative estimate of drug-likeness (QED) is 0.709. The van der Waals surface area contributed by atoms with E-state index in [-0.39, 0.29) is 25.2 Å². The van der Waals surface area contributed by atoms with Crippen LogP contribution >= 0.6 is 0 Å². The molecule has 7 nitrogen and oxygen atoms in total. The fraction of sp³-hybridized carbons (Fsp3) is 0.526. The summed E-state index contributed by atoms with van der Waals surface area (Å²) in [6.07, 6.45) is 2.11. The lowest BCUT2D eigenvalue weighted by molar-refractivity contribution is -0.149. The Balaban J connectivity index is 1.81. The van der Waals surface area contributed by atoms with Crippen molar-refractivity contribution >= 4 is 22.9 Å². The first-order valence-corrected chi connectivity index (χ1v) is 9.09. The van der Waals surface area contributed by atoms with Crippen molar-refractivity contribution in [2.45, 2.75) is 39.3 Å². The summed E-state index contributed by atoms with van der Waals surface area (Å²) in [7, 11) is 0. The summed E-state index contributed by atoms with van der Waals surface area (Å²) in [6, 6.07) is 7.68. The first-order chi connectivity index (χ1) is 12.6. The van der Waals surface area contributed by atoms with Crippen LogP contribution in [-0.4, -0.2) is 52.6 Å². The monoisotopic (exact) mass is 359 g/mol. The zero-order valence-corrected chi connectivity index (χ0v) is 15.3. The van der Waals surface area contributed by atoms with Crippen molar-refractivity contribution in [1.29, 1.82) is 0 Å². The lowest BCUT2D eigenvalue weighted by atomic mass is 10.1. The van der Waals surface area contributed by atoms with E-state index in [2.05, 4.69) is 4.98 Å². The van der Waals surface area contributed by atoms with Gasteiger partial charge in [0.25, 0.3) is 0 Å². The number of carbonyl (C=O) groups is 2. The number of rotatable bonds is 7. The Hall–Kier alpha value is -2.41. The van der Waals surface area contributed by atoms with Crippen molar-refractivity contribution in [2.24, 2.45) is 0 Å². The predicted octanol–water partition coefficient (Wildman–Crippen LogP) is 2.30. The van der Waals surface area contributed by atoms with Gasteiger partial charge in [0.15, 0.2) is 0 Å². The molecule has 0 bridgehead atoms. The van der Waals surface area contributed by atoms with E-state index in [0.717, 1.165) is 37.0 Å². The van der Waals surface area contributed by atoms with Gasteiger partial charge in [0, 0.05) is 13.1 Å². The van der Waals surface area contributed by atoms with Crippen LogP contribution in [-0.2, 0) is 25.8 Å². The molecule has 1 atom stereocenters. The highest BCUT2D eigenvalue weighted by Crippen LogP contribution is 2.25.